The van der Waals surface area contributed by atoms with Crippen LogP contribution in [0.15, 0.2) is 60.7 Å². The monoisotopic (exact) mass is 330 g/mol. The summed E-state index contributed by atoms with van der Waals surface area (Å²) >= 11 is 0. The van der Waals surface area contributed by atoms with Gasteiger partial charge in [0, 0.05) is 5.25 Å². The van der Waals surface area contributed by atoms with Gasteiger partial charge in [0.2, 0.25) is 0 Å². The Kier molecular flexibility index (Phi) is 4.86. The summed E-state index contributed by atoms with van der Waals surface area (Å²) in [6.07, 6.45) is 0.380. The van der Waals surface area contributed by atoms with Crippen molar-refractivity contribution in [3.05, 3.63) is 71.8 Å². The smallest absolute Gasteiger partial charge is 0.103 e. The molecule has 2 aromatic rings. The van der Waals surface area contributed by atoms with Gasteiger partial charge in [-0.3, -0.25) is 0 Å². The number of benzene rings is 2. The second-order valence-electron chi connectivity index (χ2n) is 5.96. The Balaban J connectivity index is 2.15. The van der Waals surface area contributed by atoms with Crippen molar-refractivity contribution < 1.29 is 4.74 Å². The molecule has 0 bridgehead atoms. The molecule has 0 radical (unpaired) electrons. The first-order valence-corrected chi connectivity index (χ1v) is 9.97. The van der Waals surface area contributed by atoms with Crippen molar-refractivity contribution in [2.45, 2.75) is 43.0 Å². The third-order valence-electron chi connectivity index (χ3n) is 3.98. The first-order chi connectivity index (χ1) is 10.6. The van der Waals surface area contributed by atoms with Crippen LogP contribution < -0.4 is 0 Å². The van der Waals surface area contributed by atoms with Crippen molar-refractivity contribution in [1.82, 2.24) is 0 Å². The van der Waals surface area contributed by atoms with E-state index in [1.807, 2.05) is 21.6 Å². The Morgan fingerprint density at radius 2 is 1.41 bits per heavy atom. The molecule has 2 unspecified atom stereocenters. The van der Waals surface area contributed by atoms with E-state index in [0.717, 1.165) is 0 Å². The Labute approximate surface area is 141 Å². The van der Waals surface area contributed by atoms with Crippen LogP contribution in [0.3, 0.4) is 0 Å². The van der Waals surface area contributed by atoms with Gasteiger partial charge in [-0.1, -0.05) is 82.3 Å². The van der Waals surface area contributed by atoms with Gasteiger partial charge in [-0.2, -0.15) is 0 Å². The molecule has 22 heavy (non-hydrogen) atoms. The SMILES string of the molecule is CC(C)OC1C(C)SSC1(c1ccccc1)c1ccccc1. The number of hydrogen-bond acceptors (Lipinski definition) is 3. The van der Waals surface area contributed by atoms with Crippen molar-refractivity contribution in [3.8, 4) is 0 Å². The third kappa shape index (κ3) is 2.82. The van der Waals surface area contributed by atoms with Gasteiger partial charge in [0.15, 0.2) is 0 Å². The first kappa shape index (κ1) is 16.0. The fraction of sp³-hybridized carbons (Fsp3) is 0.368. The Morgan fingerprint density at radius 1 is 0.909 bits per heavy atom. The summed E-state index contributed by atoms with van der Waals surface area (Å²) in [5.41, 5.74) is 2.66. The zero-order valence-corrected chi connectivity index (χ0v) is 14.9. The maximum absolute atomic E-state index is 6.41. The van der Waals surface area contributed by atoms with E-state index in [1.54, 1.807) is 0 Å². The number of ether oxygens (including phenoxy) is 1. The normalized spacial score (nSPS) is 23.8. The fourth-order valence-electron chi connectivity index (χ4n) is 3.04. The van der Waals surface area contributed by atoms with Crippen LogP contribution in [0.5, 0.6) is 0 Å². The van der Waals surface area contributed by atoms with Crippen LogP contribution in [-0.2, 0) is 9.48 Å². The molecule has 1 saturated heterocycles. The van der Waals surface area contributed by atoms with Crippen molar-refractivity contribution in [2.75, 3.05) is 0 Å². The Bertz CT molecular complexity index is 558. The molecule has 0 N–H and O–H groups in total. The zero-order chi connectivity index (χ0) is 15.6. The Hall–Kier alpha value is -0.900. The van der Waals surface area contributed by atoms with Gasteiger partial charge >= 0.3 is 0 Å². The molecule has 0 amide bonds. The summed E-state index contributed by atoms with van der Waals surface area (Å²) in [7, 11) is 3.88. The second-order valence-corrected chi connectivity index (χ2v) is 8.78. The van der Waals surface area contributed by atoms with Crippen LogP contribution in [0.1, 0.15) is 31.9 Å². The maximum atomic E-state index is 6.41. The first-order valence-electron chi connectivity index (χ1n) is 7.75. The van der Waals surface area contributed by atoms with E-state index < -0.39 is 0 Å². The summed E-state index contributed by atoms with van der Waals surface area (Å²) in [5.74, 6) is 0. The van der Waals surface area contributed by atoms with Crippen molar-refractivity contribution in [3.63, 3.8) is 0 Å². The molecule has 0 aliphatic carbocycles. The molecule has 0 aromatic heterocycles. The molecule has 0 spiro atoms. The van der Waals surface area contributed by atoms with Crippen molar-refractivity contribution in [2.24, 2.45) is 0 Å². The van der Waals surface area contributed by atoms with Gasteiger partial charge in [-0.25, -0.2) is 0 Å². The summed E-state index contributed by atoms with van der Waals surface area (Å²) in [6.45, 7) is 6.53. The molecule has 1 aliphatic rings. The summed E-state index contributed by atoms with van der Waals surface area (Å²) in [5, 5.41) is 0.452. The summed E-state index contributed by atoms with van der Waals surface area (Å²) in [6, 6.07) is 21.6. The molecule has 1 heterocycles. The molecule has 116 valence electrons. The van der Waals surface area contributed by atoms with E-state index in [2.05, 4.69) is 81.4 Å². The molecule has 3 rings (SSSR count). The second kappa shape index (κ2) is 6.69. The molecule has 2 aromatic carbocycles. The van der Waals surface area contributed by atoms with E-state index in [0.29, 0.717) is 5.25 Å². The van der Waals surface area contributed by atoms with Crippen LogP contribution in [0, 0.1) is 0 Å². The minimum absolute atomic E-state index is 0.142. The molecule has 1 nitrogen and oxygen atoms in total. The predicted molar refractivity (Wildman–Crippen MR) is 98.3 cm³/mol. The summed E-state index contributed by atoms with van der Waals surface area (Å²) in [4.78, 5) is 0. The lowest BCUT2D eigenvalue weighted by Crippen LogP contribution is -2.41. The summed E-state index contributed by atoms with van der Waals surface area (Å²) < 4.78 is 6.26. The van der Waals surface area contributed by atoms with E-state index in [4.69, 9.17) is 4.74 Å². The lowest BCUT2D eigenvalue weighted by molar-refractivity contribution is -0.00508. The highest BCUT2D eigenvalue weighted by Gasteiger charge is 2.52. The average Bonchev–Trinajstić information content (AvgIpc) is 2.87. The minimum atomic E-state index is -0.142. The van der Waals surface area contributed by atoms with Crippen LogP contribution in [0.25, 0.3) is 0 Å². The highest BCUT2D eigenvalue weighted by molar-refractivity contribution is 8.77. The standard InChI is InChI=1S/C19H22OS2/c1-14(2)20-18-15(3)21-22-19(18,16-10-6-4-7-11-16)17-12-8-5-9-13-17/h4-15,18H,1-3H3. The van der Waals surface area contributed by atoms with Gasteiger partial charge in [0.25, 0.3) is 0 Å². The quantitative estimate of drug-likeness (QED) is 0.684. The molecular formula is C19H22OS2. The van der Waals surface area contributed by atoms with E-state index in [-0.39, 0.29) is 17.0 Å². The van der Waals surface area contributed by atoms with Gasteiger partial charge in [-0.05, 0) is 31.9 Å². The van der Waals surface area contributed by atoms with Crippen LogP contribution in [0.4, 0.5) is 0 Å². The van der Waals surface area contributed by atoms with Crippen LogP contribution >= 0.6 is 21.6 Å². The molecule has 2 atom stereocenters. The van der Waals surface area contributed by atoms with Crippen LogP contribution in [-0.4, -0.2) is 17.5 Å². The highest BCUT2D eigenvalue weighted by Crippen LogP contribution is 2.61. The lowest BCUT2D eigenvalue weighted by Gasteiger charge is -2.37. The van der Waals surface area contributed by atoms with Crippen molar-refractivity contribution in [1.29, 1.82) is 0 Å². The Morgan fingerprint density at radius 3 is 1.86 bits per heavy atom. The molecule has 1 fully saturated rings. The van der Waals surface area contributed by atoms with Gasteiger partial charge in [0.05, 0.1) is 12.2 Å². The number of hydrogen-bond donors (Lipinski definition) is 0. The minimum Gasteiger partial charge on any atom is -0.372 e. The third-order valence-corrected chi connectivity index (χ3v) is 7.58. The largest absolute Gasteiger partial charge is 0.372 e. The number of rotatable bonds is 4. The molecular weight excluding hydrogens is 308 g/mol. The maximum Gasteiger partial charge on any atom is 0.103 e. The van der Waals surface area contributed by atoms with Crippen molar-refractivity contribution >= 4 is 21.6 Å². The topological polar surface area (TPSA) is 9.23 Å². The van der Waals surface area contributed by atoms with E-state index in [9.17, 15) is 0 Å². The lowest BCUT2D eigenvalue weighted by atomic mass is 9.84. The zero-order valence-electron chi connectivity index (χ0n) is 13.2. The predicted octanol–water partition coefficient (Wildman–Crippen LogP) is 5.51. The fourth-order valence-corrected chi connectivity index (χ4v) is 6.70. The molecule has 0 saturated carbocycles. The van der Waals surface area contributed by atoms with Crippen LogP contribution in [0.2, 0.25) is 0 Å². The highest BCUT2D eigenvalue weighted by atomic mass is 33.1. The van der Waals surface area contributed by atoms with E-state index in [1.165, 1.54) is 11.1 Å². The average molecular weight is 331 g/mol. The van der Waals surface area contributed by atoms with E-state index >= 15 is 0 Å². The van der Waals surface area contributed by atoms with Gasteiger partial charge in [0.1, 0.15) is 4.75 Å². The molecule has 1 aliphatic heterocycles. The van der Waals surface area contributed by atoms with Gasteiger partial charge in [-0.15, -0.1) is 0 Å². The van der Waals surface area contributed by atoms with Gasteiger partial charge < -0.3 is 4.74 Å². The molecule has 3 heteroatoms.